The average molecular weight is 264 g/mol. The van der Waals surface area contributed by atoms with Crippen molar-refractivity contribution in [2.75, 3.05) is 6.54 Å². The molecule has 2 heterocycles. The van der Waals surface area contributed by atoms with E-state index in [1.54, 1.807) is 11.1 Å². The lowest BCUT2D eigenvalue weighted by Crippen LogP contribution is -2.33. The molecule has 1 aromatic rings. The maximum Gasteiger partial charge on any atom is 0.410 e. The molecule has 6 heteroatoms. The van der Waals surface area contributed by atoms with Crippen LogP contribution in [0.5, 0.6) is 0 Å². The lowest BCUT2D eigenvalue weighted by molar-refractivity contribution is 0.0240. The molecule has 0 spiro atoms. The summed E-state index contributed by atoms with van der Waals surface area (Å²) in [5.74, 6) is 0.729. The van der Waals surface area contributed by atoms with E-state index in [9.17, 15) is 4.79 Å². The molecule has 19 heavy (non-hydrogen) atoms. The van der Waals surface area contributed by atoms with E-state index in [4.69, 9.17) is 10.5 Å². The summed E-state index contributed by atoms with van der Waals surface area (Å²) >= 11 is 0. The van der Waals surface area contributed by atoms with Crippen LogP contribution in [0.3, 0.4) is 0 Å². The van der Waals surface area contributed by atoms with Gasteiger partial charge in [-0.2, -0.15) is 0 Å². The summed E-state index contributed by atoms with van der Waals surface area (Å²) in [6.45, 7) is 7.07. The molecule has 6 nitrogen and oxygen atoms in total. The van der Waals surface area contributed by atoms with Crippen LogP contribution < -0.4 is 5.73 Å². The minimum Gasteiger partial charge on any atom is -0.444 e. The monoisotopic (exact) mass is 264 g/mol. The number of hydrogen-bond acceptors (Lipinski definition) is 5. The average Bonchev–Trinajstić information content (AvgIpc) is 2.70. The van der Waals surface area contributed by atoms with E-state index in [0.717, 1.165) is 17.1 Å². The molecule has 0 aliphatic carbocycles. The highest BCUT2D eigenvalue weighted by atomic mass is 16.6. The molecule has 1 amide bonds. The second-order valence-electron chi connectivity index (χ2n) is 5.63. The fourth-order valence-electron chi connectivity index (χ4n) is 1.90. The summed E-state index contributed by atoms with van der Waals surface area (Å²) in [7, 11) is 0. The first-order chi connectivity index (χ1) is 8.89. The Labute approximate surface area is 113 Å². The summed E-state index contributed by atoms with van der Waals surface area (Å²) in [6.07, 6.45) is 2.11. The Bertz CT molecular complexity index is 482. The SMILES string of the molecule is CC(C)(C)OC(=O)N1Cc2cnc(CCN)nc2C1. The summed E-state index contributed by atoms with van der Waals surface area (Å²) in [5.41, 5.74) is 6.87. The van der Waals surface area contributed by atoms with Gasteiger partial charge in [-0.25, -0.2) is 14.8 Å². The molecule has 0 atom stereocenters. The van der Waals surface area contributed by atoms with Crippen LogP contribution in [0.2, 0.25) is 0 Å². The molecule has 2 rings (SSSR count). The van der Waals surface area contributed by atoms with Crippen molar-refractivity contribution in [1.82, 2.24) is 14.9 Å². The molecule has 1 aromatic heterocycles. The first kappa shape index (κ1) is 13.7. The smallest absolute Gasteiger partial charge is 0.410 e. The second-order valence-corrected chi connectivity index (χ2v) is 5.63. The fraction of sp³-hybridized carbons (Fsp3) is 0.615. The molecular formula is C13H20N4O2. The minimum absolute atomic E-state index is 0.314. The number of amides is 1. The van der Waals surface area contributed by atoms with Gasteiger partial charge < -0.3 is 10.5 Å². The van der Waals surface area contributed by atoms with Gasteiger partial charge >= 0.3 is 6.09 Å². The van der Waals surface area contributed by atoms with Crippen molar-refractivity contribution in [2.24, 2.45) is 5.73 Å². The van der Waals surface area contributed by atoms with Crippen molar-refractivity contribution in [1.29, 1.82) is 0 Å². The lowest BCUT2D eigenvalue weighted by Gasteiger charge is -2.23. The lowest BCUT2D eigenvalue weighted by atomic mass is 10.2. The van der Waals surface area contributed by atoms with Crippen LogP contribution in [0.15, 0.2) is 6.20 Å². The number of carbonyl (C=O) groups is 1. The molecule has 0 unspecified atom stereocenters. The molecule has 0 fully saturated rings. The Morgan fingerprint density at radius 3 is 2.84 bits per heavy atom. The van der Waals surface area contributed by atoms with E-state index in [1.807, 2.05) is 20.8 Å². The van der Waals surface area contributed by atoms with Crippen molar-refractivity contribution in [2.45, 2.75) is 45.9 Å². The predicted molar refractivity (Wildman–Crippen MR) is 70.3 cm³/mol. The van der Waals surface area contributed by atoms with Gasteiger partial charge in [0.1, 0.15) is 11.4 Å². The van der Waals surface area contributed by atoms with Crippen LogP contribution in [-0.4, -0.2) is 33.1 Å². The standard InChI is InChI=1S/C13H20N4O2/c1-13(2,3)19-12(18)17-7-9-6-15-11(4-5-14)16-10(9)8-17/h6H,4-5,7-8,14H2,1-3H3. The first-order valence-electron chi connectivity index (χ1n) is 6.41. The second kappa shape index (κ2) is 5.13. The highest BCUT2D eigenvalue weighted by molar-refractivity contribution is 5.69. The molecule has 0 bridgehead atoms. The molecule has 0 saturated carbocycles. The zero-order valence-corrected chi connectivity index (χ0v) is 11.6. The largest absolute Gasteiger partial charge is 0.444 e. The van der Waals surface area contributed by atoms with Crippen LogP contribution in [0.25, 0.3) is 0 Å². The van der Waals surface area contributed by atoms with E-state index >= 15 is 0 Å². The van der Waals surface area contributed by atoms with Gasteiger partial charge in [0, 0.05) is 18.2 Å². The van der Waals surface area contributed by atoms with Crippen molar-refractivity contribution in [3.8, 4) is 0 Å². The molecule has 1 aliphatic rings. The van der Waals surface area contributed by atoms with Crippen molar-refractivity contribution in [3.05, 3.63) is 23.3 Å². The van der Waals surface area contributed by atoms with E-state index in [0.29, 0.717) is 26.1 Å². The number of carbonyl (C=O) groups excluding carboxylic acids is 1. The van der Waals surface area contributed by atoms with Gasteiger partial charge in [-0.1, -0.05) is 0 Å². The van der Waals surface area contributed by atoms with E-state index in [-0.39, 0.29) is 6.09 Å². The third-order valence-corrected chi connectivity index (χ3v) is 2.73. The molecule has 104 valence electrons. The van der Waals surface area contributed by atoms with Gasteiger partial charge in [-0.3, -0.25) is 4.90 Å². The third-order valence-electron chi connectivity index (χ3n) is 2.73. The number of nitrogens with two attached hydrogens (primary N) is 1. The van der Waals surface area contributed by atoms with Crippen LogP contribution in [-0.2, 0) is 24.2 Å². The van der Waals surface area contributed by atoms with Crippen LogP contribution in [0.4, 0.5) is 4.79 Å². The fourth-order valence-corrected chi connectivity index (χ4v) is 1.90. The van der Waals surface area contributed by atoms with Crippen molar-refractivity contribution < 1.29 is 9.53 Å². The normalized spacial score (nSPS) is 14.4. The topological polar surface area (TPSA) is 81.3 Å². The van der Waals surface area contributed by atoms with Crippen LogP contribution in [0, 0.1) is 0 Å². The number of fused-ring (bicyclic) bond motifs is 1. The van der Waals surface area contributed by atoms with Crippen LogP contribution in [0.1, 0.15) is 37.9 Å². The Morgan fingerprint density at radius 2 is 2.21 bits per heavy atom. The highest BCUT2D eigenvalue weighted by Crippen LogP contribution is 2.22. The van der Waals surface area contributed by atoms with E-state index in [2.05, 4.69) is 9.97 Å². The quantitative estimate of drug-likeness (QED) is 0.868. The first-order valence-corrected chi connectivity index (χ1v) is 6.41. The van der Waals surface area contributed by atoms with Gasteiger partial charge in [0.2, 0.25) is 0 Å². The highest BCUT2D eigenvalue weighted by Gasteiger charge is 2.28. The van der Waals surface area contributed by atoms with Gasteiger partial charge in [-0.05, 0) is 27.3 Å². The number of nitrogens with zero attached hydrogens (tertiary/aromatic N) is 3. The number of hydrogen-bond donors (Lipinski definition) is 1. The number of aromatic nitrogens is 2. The molecular weight excluding hydrogens is 244 g/mol. The Hall–Kier alpha value is -1.69. The van der Waals surface area contributed by atoms with Crippen molar-refractivity contribution in [3.63, 3.8) is 0 Å². The molecule has 1 aliphatic heterocycles. The summed E-state index contributed by atoms with van der Waals surface area (Å²) < 4.78 is 5.35. The van der Waals surface area contributed by atoms with Crippen molar-refractivity contribution >= 4 is 6.09 Å². The van der Waals surface area contributed by atoms with E-state index < -0.39 is 5.60 Å². The van der Waals surface area contributed by atoms with E-state index in [1.165, 1.54) is 0 Å². The van der Waals surface area contributed by atoms with Crippen LogP contribution >= 0.6 is 0 Å². The van der Waals surface area contributed by atoms with Gasteiger partial charge in [0.05, 0.1) is 18.8 Å². The zero-order valence-electron chi connectivity index (χ0n) is 11.6. The maximum atomic E-state index is 12.0. The molecule has 0 saturated heterocycles. The summed E-state index contributed by atoms with van der Waals surface area (Å²) in [6, 6.07) is 0. The van der Waals surface area contributed by atoms with Gasteiger partial charge in [-0.15, -0.1) is 0 Å². The molecule has 0 aromatic carbocycles. The number of rotatable bonds is 2. The third kappa shape index (κ3) is 3.41. The number of ether oxygens (including phenoxy) is 1. The van der Waals surface area contributed by atoms with Gasteiger partial charge in [0.15, 0.2) is 0 Å². The Kier molecular flexibility index (Phi) is 3.71. The predicted octanol–water partition coefficient (Wildman–Crippen LogP) is 1.23. The zero-order chi connectivity index (χ0) is 14.0. The minimum atomic E-state index is -0.484. The molecule has 2 N–H and O–H groups in total. The Balaban J connectivity index is 2.05. The molecule has 0 radical (unpaired) electrons. The Morgan fingerprint density at radius 1 is 1.47 bits per heavy atom. The maximum absolute atomic E-state index is 12.0. The van der Waals surface area contributed by atoms with Gasteiger partial charge in [0.25, 0.3) is 0 Å². The summed E-state index contributed by atoms with van der Waals surface area (Å²) in [4.78, 5) is 22.3. The summed E-state index contributed by atoms with van der Waals surface area (Å²) in [5, 5.41) is 0.